The normalized spacial score (nSPS) is 10.8. The van der Waals surface area contributed by atoms with E-state index in [1.165, 1.54) is 25.6 Å². The summed E-state index contributed by atoms with van der Waals surface area (Å²) in [6, 6.07) is 11.7. The summed E-state index contributed by atoms with van der Waals surface area (Å²) in [4.78, 5) is 47.3. The monoisotopic (exact) mass is 481 g/mol. The number of anilines is 1. The molecule has 1 N–H and O–H groups in total. The summed E-state index contributed by atoms with van der Waals surface area (Å²) in [5.74, 6) is 0.598. The summed E-state index contributed by atoms with van der Waals surface area (Å²) in [7, 11) is 3.03. The highest BCUT2D eigenvalue weighted by molar-refractivity contribution is 6.32. The molecular formula is C23H20ClN5O5. The molecule has 4 aromatic rings. The van der Waals surface area contributed by atoms with E-state index >= 15 is 0 Å². The zero-order valence-corrected chi connectivity index (χ0v) is 19.1. The van der Waals surface area contributed by atoms with Gasteiger partial charge in [-0.1, -0.05) is 23.7 Å². The van der Waals surface area contributed by atoms with Crippen LogP contribution in [-0.2, 0) is 17.9 Å². The molecule has 34 heavy (non-hydrogen) atoms. The predicted molar refractivity (Wildman–Crippen MR) is 127 cm³/mol. The Hall–Kier alpha value is -4.18. The molecule has 0 fully saturated rings. The SMILES string of the molecule is COc1ccc(Cn2c(=O)c3nccnc3n(CC(=O)Nc3ccc(OC)c(Cl)c3)c2=O)cc1. The minimum atomic E-state index is -0.684. The minimum Gasteiger partial charge on any atom is -0.497 e. The summed E-state index contributed by atoms with van der Waals surface area (Å²) >= 11 is 6.12. The van der Waals surface area contributed by atoms with Gasteiger partial charge in [0.15, 0.2) is 11.2 Å². The van der Waals surface area contributed by atoms with Gasteiger partial charge in [0.25, 0.3) is 5.56 Å². The molecule has 2 aromatic carbocycles. The molecule has 2 heterocycles. The predicted octanol–water partition coefficient (Wildman–Crippen LogP) is 2.31. The fourth-order valence-electron chi connectivity index (χ4n) is 3.41. The van der Waals surface area contributed by atoms with Gasteiger partial charge in [0.2, 0.25) is 5.91 Å². The van der Waals surface area contributed by atoms with Crippen LogP contribution in [0.5, 0.6) is 11.5 Å². The number of aromatic nitrogens is 4. The third kappa shape index (κ3) is 4.62. The number of hydrogen-bond acceptors (Lipinski definition) is 7. The lowest BCUT2D eigenvalue weighted by Crippen LogP contribution is -2.42. The zero-order valence-electron chi connectivity index (χ0n) is 18.3. The van der Waals surface area contributed by atoms with E-state index in [2.05, 4.69) is 15.3 Å². The Balaban J connectivity index is 1.70. The molecule has 174 valence electrons. The third-order valence-corrected chi connectivity index (χ3v) is 5.38. The van der Waals surface area contributed by atoms with E-state index in [0.717, 1.165) is 9.13 Å². The number of fused-ring (bicyclic) bond motifs is 1. The molecule has 10 nitrogen and oxygen atoms in total. The highest BCUT2D eigenvalue weighted by Gasteiger charge is 2.18. The number of nitrogens with zero attached hydrogens (tertiary/aromatic N) is 4. The lowest BCUT2D eigenvalue weighted by Gasteiger charge is -2.13. The van der Waals surface area contributed by atoms with Crippen molar-refractivity contribution in [2.24, 2.45) is 0 Å². The van der Waals surface area contributed by atoms with Crippen molar-refractivity contribution in [1.82, 2.24) is 19.1 Å². The Morgan fingerprint density at radius 2 is 1.74 bits per heavy atom. The molecule has 0 unspecified atom stereocenters. The van der Waals surface area contributed by atoms with E-state index in [1.807, 2.05) is 0 Å². The molecule has 0 radical (unpaired) electrons. The van der Waals surface area contributed by atoms with Crippen molar-refractivity contribution in [2.75, 3.05) is 19.5 Å². The Kier molecular flexibility index (Phi) is 6.60. The van der Waals surface area contributed by atoms with E-state index < -0.39 is 17.2 Å². The fourth-order valence-corrected chi connectivity index (χ4v) is 3.67. The number of halogens is 1. The van der Waals surface area contributed by atoms with Gasteiger partial charge >= 0.3 is 5.69 Å². The van der Waals surface area contributed by atoms with Crippen LogP contribution in [0.25, 0.3) is 11.2 Å². The van der Waals surface area contributed by atoms with Crippen LogP contribution in [0.4, 0.5) is 5.69 Å². The van der Waals surface area contributed by atoms with Gasteiger partial charge < -0.3 is 14.8 Å². The highest BCUT2D eigenvalue weighted by atomic mass is 35.5. The van der Waals surface area contributed by atoms with Crippen LogP contribution in [0.15, 0.2) is 64.4 Å². The maximum atomic E-state index is 13.3. The molecule has 11 heteroatoms. The quantitative estimate of drug-likeness (QED) is 0.430. The number of benzene rings is 2. The van der Waals surface area contributed by atoms with Crippen LogP contribution in [0.1, 0.15) is 5.56 Å². The molecule has 0 aliphatic rings. The molecular weight excluding hydrogens is 462 g/mol. The molecule has 0 aliphatic carbocycles. The summed E-state index contributed by atoms with van der Waals surface area (Å²) in [6.45, 7) is -0.398. The van der Waals surface area contributed by atoms with Crippen molar-refractivity contribution in [2.45, 2.75) is 13.1 Å². The first-order chi connectivity index (χ1) is 16.4. The Bertz CT molecular complexity index is 1480. The van der Waals surface area contributed by atoms with Crippen LogP contribution in [0, 0.1) is 0 Å². The van der Waals surface area contributed by atoms with Gasteiger partial charge in [0, 0.05) is 18.1 Å². The average molecular weight is 482 g/mol. The fraction of sp³-hybridized carbons (Fsp3) is 0.174. The van der Waals surface area contributed by atoms with Gasteiger partial charge in [-0.25, -0.2) is 14.8 Å². The van der Waals surface area contributed by atoms with Crippen molar-refractivity contribution in [3.8, 4) is 11.5 Å². The minimum absolute atomic E-state index is 0.0100. The van der Waals surface area contributed by atoms with Crippen molar-refractivity contribution < 1.29 is 14.3 Å². The standard InChI is InChI=1S/C23H20ClN5O5/c1-33-16-6-3-14(4-7-16)12-29-22(31)20-21(26-10-9-25-20)28(23(29)32)13-19(30)27-15-5-8-18(34-2)17(24)11-15/h3-11H,12-13H2,1-2H3,(H,27,30). The lowest BCUT2D eigenvalue weighted by molar-refractivity contribution is -0.116. The second-order valence-electron chi connectivity index (χ2n) is 7.23. The van der Waals surface area contributed by atoms with E-state index in [0.29, 0.717) is 27.8 Å². The number of carbonyl (C=O) groups is 1. The third-order valence-electron chi connectivity index (χ3n) is 5.08. The largest absolute Gasteiger partial charge is 0.497 e. The van der Waals surface area contributed by atoms with Crippen LogP contribution < -0.4 is 26.0 Å². The molecule has 0 saturated carbocycles. The maximum Gasteiger partial charge on any atom is 0.333 e. The van der Waals surface area contributed by atoms with Crippen molar-refractivity contribution in [3.63, 3.8) is 0 Å². The molecule has 0 spiro atoms. The van der Waals surface area contributed by atoms with E-state index in [-0.39, 0.29) is 24.3 Å². The highest BCUT2D eigenvalue weighted by Crippen LogP contribution is 2.27. The van der Waals surface area contributed by atoms with Gasteiger partial charge in [0.05, 0.1) is 25.8 Å². The molecule has 4 rings (SSSR count). The van der Waals surface area contributed by atoms with Gasteiger partial charge in [-0.3, -0.25) is 18.7 Å². The molecule has 1 amide bonds. The smallest absolute Gasteiger partial charge is 0.333 e. The Morgan fingerprint density at radius 1 is 1.00 bits per heavy atom. The summed E-state index contributed by atoms with van der Waals surface area (Å²) in [5.41, 5.74) is -0.153. The number of amides is 1. The number of nitrogens with one attached hydrogen (secondary N) is 1. The molecule has 0 saturated heterocycles. The number of carbonyl (C=O) groups excluding carboxylic acids is 1. The Morgan fingerprint density at radius 3 is 2.41 bits per heavy atom. The lowest BCUT2D eigenvalue weighted by atomic mass is 10.2. The summed E-state index contributed by atoms with van der Waals surface area (Å²) in [6.07, 6.45) is 2.71. The number of hydrogen-bond donors (Lipinski definition) is 1. The maximum absolute atomic E-state index is 13.3. The van der Waals surface area contributed by atoms with Crippen molar-refractivity contribution in [3.05, 3.63) is 86.3 Å². The molecule has 0 aliphatic heterocycles. The molecule has 2 aromatic heterocycles. The van der Waals surface area contributed by atoms with Crippen LogP contribution in [0.3, 0.4) is 0 Å². The second-order valence-corrected chi connectivity index (χ2v) is 7.64. The van der Waals surface area contributed by atoms with Crippen LogP contribution in [0.2, 0.25) is 5.02 Å². The van der Waals surface area contributed by atoms with Gasteiger partial charge in [-0.15, -0.1) is 0 Å². The zero-order chi connectivity index (χ0) is 24.2. The first kappa shape index (κ1) is 23.0. The van der Waals surface area contributed by atoms with Gasteiger partial charge in [-0.05, 0) is 35.9 Å². The second kappa shape index (κ2) is 9.75. The Labute approximate surface area is 198 Å². The van der Waals surface area contributed by atoms with Crippen molar-refractivity contribution in [1.29, 1.82) is 0 Å². The van der Waals surface area contributed by atoms with Gasteiger partial charge in [-0.2, -0.15) is 0 Å². The van der Waals surface area contributed by atoms with E-state index in [4.69, 9.17) is 21.1 Å². The number of rotatable bonds is 7. The average Bonchev–Trinajstić information content (AvgIpc) is 2.85. The summed E-state index contributed by atoms with van der Waals surface area (Å²) < 4.78 is 12.4. The summed E-state index contributed by atoms with van der Waals surface area (Å²) in [5, 5.41) is 3.00. The van der Waals surface area contributed by atoms with Gasteiger partial charge in [0.1, 0.15) is 18.0 Å². The van der Waals surface area contributed by atoms with Crippen LogP contribution in [-0.4, -0.2) is 39.2 Å². The van der Waals surface area contributed by atoms with Crippen molar-refractivity contribution >= 4 is 34.4 Å². The van der Waals surface area contributed by atoms with E-state index in [9.17, 15) is 14.4 Å². The topological polar surface area (TPSA) is 117 Å². The number of methoxy groups -OCH3 is 2. The first-order valence-corrected chi connectivity index (χ1v) is 10.5. The molecule has 0 bridgehead atoms. The number of ether oxygens (including phenoxy) is 2. The van der Waals surface area contributed by atoms with Crippen LogP contribution >= 0.6 is 11.6 Å². The molecule has 0 atom stereocenters. The first-order valence-electron chi connectivity index (χ1n) is 10.1. The van der Waals surface area contributed by atoms with E-state index in [1.54, 1.807) is 43.5 Å².